The summed E-state index contributed by atoms with van der Waals surface area (Å²) in [4.78, 5) is 22.2. The van der Waals surface area contributed by atoms with Gasteiger partial charge in [0.25, 0.3) is 0 Å². The third-order valence-corrected chi connectivity index (χ3v) is 2.44. The number of nitrogens with zero attached hydrogens (tertiary/aromatic N) is 2. The summed E-state index contributed by atoms with van der Waals surface area (Å²) in [5.41, 5.74) is 0. The molecule has 2 unspecified atom stereocenters. The fourth-order valence-electron chi connectivity index (χ4n) is 1.46. The monoisotopic (exact) mass is 270 g/mol. The Bertz CT molecular complexity index is 405. The normalized spacial score (nSPS) is 13.6. The molecule has 8 nitrogen and oxygen atoms in total. The maximum atomic E-state index is 11.4. The quantitative estimate of drug-likeness (QED) is 0.494. The Hall–Kier alpha value is -2.09. The van der Waals surface area contributed by atoms with E-state index in [1.807, 2.05) is 6.20 Å². The number of carboxylic acids is 1. The Morgan fingerprint density at radius 1 is 1.47 bits per heavy atom. The standard InChI is InChI=1S/C11H18N4O4/c1-8(16)9(10(17)18)14-11(19)12-4-2-6-15-7-3-5-13-15/h3,5,7-9,16H,2,4,6H2,1H3,(H,17,18)(H2,12,14,19). The molecule has 106 valence electrons. The highest BCUT2D eigenvalue weighted by Crippen LogP contribution is 1.93. The Labute approximate surface area is 110 Å². The highest BCUT2D eigenvalue weighted by molar-refractivity contribution is 5.82. The van der Waals surface area contributed by atoms with Crippen molar-refractivity contribution in [1.82, 2.24) is 20.4 Å². The van der Waals surface area contributed by atoms with E-state index in [1.54, 1.807) is 16.9 Å². The van der Waals surface area contributed by atoms with Crippen molar-refractivity contribution in [3.05, 3.63) is 18.5 Å². The van der Waals surface area contributed by atoms with Crippen LogP contribution < -0.4 is 10.6 Å². The second-order valence-corrected chi connectivity index (χ2v) is 4.08. The molecular formula is C11H18N4O4. The highest BCUT2D eigenvalue weighted by Gasteiger charge is 2.24. The zero-order valence-electron chi connectivity index (χ0n) is 10.6. The van der Waals surface area contributed by atoms with Crippen LogP contribution in [0.2, 0.25) is 0 Å². The summed E-state index contributed by atoms with van der Waals surface area (Å²) in [7, 11) is 0. The first-order valence-electron chi connectivity index (χ1n) is 5.93. The lowest BCUT2D eigenvalue weighted by Crippen LogP contribution is -2.51. The molecule has 1 aromatic heterocycles. The molecule has 0 radical (unpaired) electrons. The van der Waals surface area contributed by atoms with Gasteiger partial charge in [0.15, 0.2) is 6.04 Å². The van der Waals surface area contributed by atoms with Crippen LogP contribution in [-0.2, 0) is 11.3 Å². The number of carboxylic acid groups (broad SMARTS) is 1. The maximum absolute atomic E-state index is 11.4. The van der Waals surface area contributed by atoms with E-state index >= 15 is 0 Å². The molecule has 0 aliphatic carbocycles. The van der Waals surface area contributed by atoms with Crippen LogP contribution in [-0.4, -0.2) is 50.7 Å². The fraction of sp³-hybridized carbons (Fsp3) is 0.545. The number of aryl methyl sites for hydroxylation is 1. The molecule has 0 aromatic carbocycles. The Kier molecular flexibility index (Phi) is 5.80. The Morgan fingerprint density at radius 3 is 2.74 bits per heavy atom. The predicted molar refractivity (Wildman–Crippen MR) is 66.5 cm³/mol. The van der Waals surface area contributed by atoms with Gasteiger partial charge in [-0.25, -0.2) is 9.59 Å². The van der Waals surface area contributed by atoms with Crippen molar-refractivity contribution in [2.75, 3.05) is 6.54 Å². The van der Waals surface area contributed by atoms with Gasteiger partial charge in [-0.15, -0.1) is 0 Å². The first kappa shape index (κ1) is 15.0. The molecule has 19 heavy (non-hydrogen) atoms. The number of aliphatic hydroxyl groups excluding tert-OH is 1. The number of rotatable bonds is 7. The number of hydrogen-bond donors (Lipinski definition) is 4. The molecular weight excluding hydrogens is 252 g/mol. The summed E-state index contributed by atoms with van der Waals surface area (Å²) in [5.74, 6) is -1.28. The lowest BCUT2D eigenvalue weighted by molar-refractivity contribution is -0.141. The molecule has 1 heterocycles. The van der Waals surface area contributed by atoms with Gasteiger partial charge in [0.1, 0.15) is 0 Å². The second-order valence-electron chi connectivity index (χ2n) is 4.08. The summed E-state index contributed by atoms with van der Waals surface area (Å²) in [6.07, 6.45) is 2.99. The van der Waals surface area contributed by atoms with E-state index in [-0.39, 0.29) is 0 Å². The van der Waals surface area contributed by atoms with E-state index in [0.717, 1.165) is 0 Å². The predicted octanol–water partition coefficient (Wildman–Crippen LogP) is -0.594. The lowest BCUT2D eigenvalue weighted by Gasteiger charge is -2.17. The van der Waals surface area contributed by atoms with Gasteiger partial charge in [-0.05, 0) is 19.4 Å². The molecule has 0 bridgehead atoms. The lowest BCUT2D eigenvalue weighted by atomic mass is 10.2. The largest absolute Gasteiger partial charge is 0.480 e. The zero-order chi connectivity index (χ0) is 14.3. The second kappa shape index (κ2) is 7.37. The number of aromatic nitrogens is 2. The van der Waals surface area contributed by atoms with E-state index in [0.29, 0.717) is 19.5 Å². The molecule has 1 aromatic rings. The van der Waals surface area contributed by atoms with Crippen LogP contribution in [0.1, 0.15) is 13.3 Å². The van der Waals surface area contributed by atoms with Crippen molar-refractivity contribution in [3.63, 3.8) is 0 Å². The summed E-state index contributed by atoms with van der Waals surface area (Å²) in [6, 6.07) is -0.125. The molecule has 2 amide bonds. The van der Waals surface area contributed by atoms with Crippen molar-refractivity contribution in [2.45, 2.75) is 32.0 Å². The number of amides is 2. The van der Waals surface area contributed by atoms with E-state index < -0.39 is 24.1 Å². The van der Waals surface area contributed by atoms with Gasteiger partial charge in [0.05, 0.1) is 6.10 Å². The van der Waals surface area contributed by atoms with Gasteiger partial charge < -0.3 is 20.8 Å². The first-order chi connectivity index (χ1) is 9.00. The van der Waals surface area contributed by atoms with Crippen LogP contribution in [0.25, 0.3) is 0 Å². The van der Waals surface area contributed by atoms with Crippen LogP contribution in [0, 0.1) is 0 Å². The van der Waals surface area contributed by atoms with E-state index in [1.165, 1.54) is 6.92 Å². The van der Waals surface area contributed by atoms with Crippen molar-refractivity contribution in [2.24, 2.45) is 0 Å². The minimum atomic E-state index is -1.31. The van der Waals surface area contributed by atoms with Crippen molar-refractivity contribution >= 4 is 12.0 Å². The molecule has 1 rings (SSSR count). The molecule has 0 aliphatic rings. The summed E-state index contributed by atoms with van der Waals surface area (Å²) in [6.45, 7) is 2.35. The van der Waals surface area contributed by atoms with Crippen molar-refractivity contribution < 1.29 is 19.8 Å². The number of carbonyl (C=O) groups is 2. The third-order valence-electron chi connectivity index (χ3n) is 2.44. The molecule has 0 fully saturated rings. The first-order valence-corrected chi connectivity index (χ1v) is 5.93. The minimum absolute atomic E-state index is 0.387. The number of aliphatic carboxylic acids is 1. The van der Waals surface area contributed by atoms with Gasteiger partial charge in [0, 0.05) is 25.5 Å². The SMILES string of the molecule is CC(O)C(NC(=O)NCCCn1cccn1)C(=O)O. The third kappa shape index (κ3) is 5.38. The number of urea groups is 1. The molecule has 0 saturated carbocycles. The van der Waals surface area contributed by atoms with Gasteiger partial charge >= 0.3 is 12.0 Å². The number of hydrogen-bond acceptors (Lipinski definition) is 4. The number of aliphatic hydroxyl groups is 1. The minimum Gasteiger partial charge on any atom is -0.480 e. The average Bonchev–Trinajstić information content (AvgIpc) is 2.84. The van der Waals surface area contributed by atoms with Crippen LogP contribution in [0.4, 0.5) is 4.79 Å². The molecule has 0 saturated heterocycles. The van der Waals surface area contributed by atoms with Gasteiger partial charge in [-0.3, -0.25) is 4.68 Å². The molecule has 0 aliphatic heterocycles. The van der Waals surface area contributed by atoms with Gasteiger partial charge in [-0.2, -0.15) is 5.10 Å². The number of carbonyl (C=O) groups excluding carboxylic acids is 1. The average molecular weight is 270 g/mol. The fourth-order valence-corrected chi connectivity index (χ4v) is 1.46. The van der Waals surface area contributed by atoms with Crippen LogP contribution >= 0.6 is 0 Å². The smallest absolute Gasteiger partial charge is 0.328 e. The molecule has 4 N–H and O–H groups in total. The van der Waals surface area contributed by atoms with E-state index in [9.17, 15) is 14.7 Å². The van der Waals surface area contributed by atoms with Crippen molar-refractivity contribution in [1.29, 1.82) is 0 Å². The summed E-state index contributed by atoms with van der Waals surface area (Å²) < 4.78 is 1.73. The topological polar surface area (TPSA) is 116 Å². The zero-order valence-corrected chi connectivity index (χ0v) is 10.6. The molecule has 8 heteroatoms. The maximum Gasteiger partial charge on any atom is 0.328 e. The Morgan fingerprint density at radius 2 is 2.21 bits per heavy atom. The molecule has 0 spiro atoms. The summed E-state index contributed by atoms with van der Waals surface area (Å²) >= 11 is 0. The highest BCUT2D eigenvalue weighted by atomic mass is 16.4. The van der Waals surface area contributed by atoms with E-state index in [4.69, 9.17) is 5.11 Å². The van der Waals surface area contributed by atoms with E-state index in [2.05, 4.69) is 15.7 Å². The van der Waals surface area contributed by atoms with Crippen LogP contribution in [0.5, 0.6) is 0 Å². The van der Waals surface area contributed by atoms with Crippen LogP contribution in [0.15, 0.2) is 18.5 Å². The van der Waals surface area contributed by atoms with Crippen LogP contribution in [0.3, 0.4) is 0 Å². The number of nitrogens with one attached hydrogen (secondary N) is 2. The van der Waals surface area contributed by atoms with Crippen molar-refractivity contribution in [3.8, 4) is 0 Å². The van der Waals surface area contributed by atoms with Gasteiger partial charge in [0.2, 0.25) is 0 Å². The molecule has 2 atom stereocenters. The summed E-state index contributed by atoms with van der Waals surface area (Å²) in [5, 5.41) is 26.7. The Balaban J connectivity index is 2.21. The van der Waals surface area contributed by atoms with Gasteiger partial charge in [-0.1, -0.05) is 0 Å².